The molecule has 2 spiro atoms. The van der Waals surface area contributed by atoms with E-state index in [0.717, 1.165) is 32.1 Å². The van der Waals surface area contributed by atoms with E-state index in [1.807, 2.05) is 27.7 Å². The van der Waals surface area contributed by atoms with Crippen LogP contribution in [0.15, 0.2) is 0 Å². The van der Waals surface area contributed by atoms with Crippen molar-refractivity contribution in [3.63, 3.8) is 0 Å². The van der Waals surface area contributed by atoms with Crippen LogP contribution in [0.1, 0.15) is 113 Å². The Labute approximate surface area is 331 Å². The van der Waals surface area contributed by atoms with Gasteiger partial charge in [0, 0.05) is 44.8 Å². The van der Waals surface area contributed by atoms with E-state index in [9.17, 15) is 24.6 Å². The maximum Gasteiger partial charge on any atom is 0.309 e. The van der Waals surface area contributed by atoms with Crippen LogP contribution in [0.3, 0.4) is 0 Å². The monoisotopic (exact) mass is 794 g/mol. The molecule has 3 aliphatic heterocycles. The number of epoxide rings is 1. The molecular weight excluding hydrogens is 728 g/mol. The number of aliphatic hydroxyl groups excluding tert-OH is 2. The normalized spacial score (nSPS) is 51.4. The van der Waals surface area contributed by atoms with Crippen molar-refractivity contribution in [2.45, 2.75) is 198 Å². The Bertz CT molecular complexity index is 1490. The Balaban J connectivity index is 1.10. The zero-order valence-corrected chi connectivity index (χ0v) is 34.9. The van der Waals surface area contributed by atoms with E-state index in [2.05, 4.69) is 6.92 Å². The summed E-state index contributed by atoms with van der Waals surface area (Å²) in [7, 11) is 3.04. The third kappa shape index (κ3) is 6.42. The molecule has 4 aliphatic carbocycles. The summed E-state index contributed by atoms with van der Waals surface area (Å²) in [5.74, 6) is -1.53. The van der Waals surface area contributed by atoms with Crippen molar-refractivity contribution in [3.8, 4) is 0 Å². The number of aliphatic hydroxyl groups is 2. The maximum atomic E-state index is 13.7. The zero-order chi connectivity index (χ0) is 40.7. The van der Waals surface area contributed by atoms with E-state index in [4.69, 9.17) is 42.6 Å². The predicted octanol–water partition coefficient (Wildman–Crippen LogP) is 4.02. The molecule has 318 valence electrons. The van der Waals surface area contributed by atoms with Crippen LogP contribution in [-0.4, -0.2) is 127 Å². The van der Waals surface area contributed by atoms with E-state index >= 15 is 0 Å². The number of hydrogen-bond donors (Lipinski definition) is 2. The van der Waals surface area contributed by atoms with Crippen molar-refractivity contribution >= 4 is 17.7 Å². The molecule has 3 heterocycles. The summed E-state index contributed by atoms with van der Waals surface area (Å²) in [4.78, 5) is 39.9. The Kier molecular flexibility index (Phi) is 11.6. The molecular formula is C42H66O14. The number of Topliss-reactive ketones (excluding diaryl/α,β-unsaturated/α-hetero) is 1. The van der Waals surface area contributed by atoms with E-state index in [0.29, 0.717) is 25.7 Å². The van der Waals surface area contributed by atoms with Crippen molar-refractivity contribution in [1.29, 1.82) is 0 Å². The van der Waals surface area contributed by atoms with E-state index in [-0.39, 0.29) is 46.9 Å². The van der Waals surface area contributed by atoms with E-state index in [1.165, 1.54) is 14.0 Å². The second-order valence-corrected chi connectivity index (χ2v) is 18.6. The topological polar surface area (TPSA) is 178 Å². The number of fused-ring (bicyclic) bond motifs is 2. The maximum absolute atomic E-state index is 13.7. The van der Waals surface area contributed by atoms with E-state index < -0.39 is 90.1 Å². The molecule has 0 radical (unpaired) electrons. The summed E-state index contributed by atoms with van der Waals surface area (Å²) >= 11 is 0. The van der Waals surface area contributed by atoms with Crippen LogP contribution in [0.5, 0.6) is 0 Å². The van der Waals surface area contributed by atoms with Gasteiger partial charge >= 0.3 is 11.9 Å². The number of ketones is 1. The first-order valence-corrected chi connectivity index (χ1v) is 21.0. The third-order valence-corrected chi connectivity index (χ3v) is 15.8. The second kappa shape index (κ2) is 15.4. The van der Waals surface area contributed by atoms with Crippen LogP contribution in [0.2, 0.25) is 0 Å². The van der Waals surface area contributed by atoms with Crippen LogP contribution >= 0.6 is 0 Å². The Morgan fingerprint density at radius 3 is 2.21 bits per heavy atom. The molecule has 0 aromatic heterocycles. The van der Waals surface area contributed by atoms with Crippen molar-refractivity contribution in [3.05, 3.63) is 0 Å². The van der Waals surface area contributed by atoms with Gasteiger partial charge in [0.05, 0.1) is 30.3 Å². The van der Waals surface area contributed by atoms with Crippen LogP contribution in [0.4, 0.5) is 0 Å². The van der Waals surface area contributed by atoms with Crippen molar-refractivity contribution in [2.24, 2.45) is 34.5 Å². The van der Waals surface area contributed by atoms with Gasteiger partial charge in [0.2, 0.25) is 0 Å². The van der Waals surface area contributed by atoms with Gasteiger partial charge in [-0.3, -0.25) is 14.4 Å². The van der Waals surface area contributed by atoms with Gasteiger partial charge in [-0.25, -0.2) is 0 Å². The van der Waals surface area contributed by atoms with Gasteiger partial charge in [0.1, 0.15) is 53.6 Å². The predicted molar refractivity (Wildman–Crippen MR) is 198 cm³/mol. The SMILES string of the molecule is CCC(C)C(=O)OC1C2C3(C)CCC(OC4CC(OC)C(OC5OC(C)C(O)C(OC)C5O)C(C)O4)CC3CCC23OC32CCC(C(C)=O)C2(C)C1OC(C)=O. The van der Waals surface area contributed by atoms with Crippen molar-refractivity contribution in [2.75, 3.05) is 14.2 Å². The number of rotatable bonds is 11. The minimum absolute atomic E-state index is 0.0390. The molecule has 56 heavy (non-hydrogen) atoms. The summed E-state index contributed by atoms with van der Waals surface area (Å²) in [6.07, 6.45) is -2.23. The van der Waals surface area contributed by atoms with Crippen LogP contribution in [-0.2, 0) is 57.0 Å². The highest BCUT2D eigenvalue weighted by molar-refractivity contribution is 5.81. The molecule has 7 rings (SSSR count). The summed E-state index contributed by atoms with van der Waals surface area (Å²) in [6.45, 7) is 14.7. The van der Waals surface area contributed by atoms with Crippen LogP contribution in [0.25, 0.3) is 0 Å². The molecule has 2 N–H and O–H groups in total. The first kappa shape index (κ1) is 42.4. The van der Waals surface area contributed by atoms with Gasteiger partial charge in [-0.15, -0.1) is 0 Å². The zero-order valence-electron chi connectivity index (χ0n) is 34.9. The van der Waals surface area contributed by atoms with Gasteiger partial charge in [-0.2, -0.15) is 0 Å². The Morgan fingerprint density at radius 1 is 0.839 bits per heavy atom. The Morgan fingerprint density at radius 2 is 1.57 bits per heavy atom. The first-order valence-electron chi connectivity index (χ1n) is 21.0. The van der Waals surface area contributed by atoms with Crippen molar-refractivity contribution in [1.82, 2.24) is 0 Å². The minimum Gasteiger partial charge on any atom is -0.458 e. The first-order chi connectivity index (χ1) is 26.4. The molecule has 3 saturated heterocycles. The molecule has 20 unspecified atom stereocenters. The molecule has 14 heteroatoms. The fourth-order valence-electron chi connectivity index (χ4n) is 12.7. The average Bonchev–Trinajstić information content (AvgIpc) is 3.70. The highest BCUT2D eigenvalue weighted by atomic mass is 16.7. The largest absolute Gasteiger partial charge is 0.458 e. The standard InChI is InChI=1S/C42H66O14/c1-11-20(2)37(47)54-34-35-39(7)15-13-26(53-29-19-28(48-9)32(23(5)50-29)55-38-31(46)33(49-10)30(45)22(4)51-38)18-25(39)12-16-41(35)42(56-41)17-14-27(21(3)43)40(42,8)36(34)52-24(6)44/h20,22-23,25-36,38,45-46H,11-19H2,1-10H3. The molecule has 0 bridgehead atoms. The lowest BCUT2D eigenvalue weighted by atomic mass is 9.43. The van der Waals surface area contributed by atoms with Gasteiger partial charge in [0.25, 0.3) is 0 Å². The van der Waals surface area contributed by atoms with Gasteiger partial charge in [-0.1, -0.05) is 27.7 Å². The Hall–Kier alpha value is -1.75. The minimum atomic E-state index is -1.21. The molecule has 0 aromatic rings. The fraction of sp³-hybridized carbons (Fsp3) is 0.929. The van der Waals surface area contributed by atoms with Crippen LogP contribution in [0, 0.1) is 34.5 Å². The summed E-state index contributed by atoms with van der Waals surface area (Å²) in [5.41, 5.74) is -2.43. The second-order valence-electron chi connectivity index (χ2n) is 18.6. The highest BCUT2D eigenvalue weighted by Crippen LogP contribution is 2.81. The lowest BCUT2D eigenvalue weighted by Gasteiger charge is -2.61. The number of carbonyl (C=O) groups excluding carboxylic acids is 3. The van der Waals surface area contributed by atoms with Gasteiger partial charge in [-0.05, 0) is 83.5 Å². The summed E-state index contributed by atoms with van der Waals surface area (Å²) < 4.78 is 56.5. The lowest BCUT2D eigenvalue weighted by molar-refractivity contribution is -0.343. The number of esters is 2. The highest BCUT2D eigenvalue weighted by Gasteiger charge is 2.91. The number of methoxy groups -OCH3 is 2. The van der Waals surface area contributed by atoms with Crippen LogP contribution < -0.4 is 0 Å². The quantitative estimate of drug-likeness (QED) is 0.174. The molecule has 0 amide bonds. The summed E-state index contributed by atoms with van der Waals surface area (Å²) in [6, 6.07) is 0. The summed E-state index contributed by atoms with van der Waals surface area (Å²) in [5, 5.41) is 21.3. The molecule has 14 nitrogen and oxygen atoms in total. The van der Waals surface area contributed by atoms with Crippen molar-refractivity contribution < 1.29 is 67.2 Å². The van der Waals surface area contributed by atoms with Gasteiger partial charge in [0.15, 0.2) is 12.6 Å². The number of carbonyl (C=O) groups is 3. The molecule has 7 fully saturated rings. The third-order valence-electron chi connectivity index (χ3n) is 15.8. The molecule has 4 saturated carbocycles. The molecule has 7 aliphatic rings. The fourth-order valence-corrected chi connectivity index (χ4v) is 12.7. The smallest absolute Gasteiger partial charge is 0.309 e. The lowest BCUT2D eigenvalue weighted by Crippen LogP contribution is -2.70. The molecule has 20 atom stereocenters. The van der Waals surface area contributed by atoms with Gasteiger partial charge < -0.3 is 52.8 Å². The number of ether oxygens (including phenoxy) is 9. The van der Waals surface area contributed by atoms with E-state index in [1.54, 1.807) is 21.0 Å². The molecule has 0 aromatic carbocycles. The number of hydrogen-bond acceptors (Lipinski definition) is 14. The average molecular weight is 795 g/mol.